The van der Waals surface area contributed by atoms with Crippen LogP contribution in [0.4, 0.5) is 0 Å². The van der Waals surface area contributed by atoms with Crippen molar-refractivity contribution in [3.63, 3.8) is 0 Å². The Labute approximate surface area is 160 Å². The second kappa shape index (κ2) is 9.26. The number of methoxy groups -OCH3 is 1. The van der Waals surface area contributed by atoms with Crippen LogP contribution in [0.5, 0.6) is 11.5 Å². The van der Waals surface area contributed by atoms with Gasteiger partial charge in [-0.1, -0.05) is 41.4 Å². The van der Waals surface area contributed by atoms with E-state index < -0.39 is 0 Å². The van der Waals surface area contributed by atoms with Gasteiger partial charge in [-0.3, -0.25) is 0 Å². The van der Waals surface area contributed by atoms with Gasteiger partial charge in [-0.2, -0.15) is 0 Å². The lowest BCUT2D eigenvalue weighted by atomic mass is 10.1. The maximum absolute atomic E-state index is 6.46. The van der Waals surface area contributed by atoms with E-state index in [1.54, 1.807) is 7.11 Å². The Bertz CT molecular complexity index is 729. The van der Waals surface area contributed by atoms with Gasteiger partial charge in [0, 0.05) is 19.7 Å². The molecule has 1 aliphatic rings. The third-order valence-corrected chi connectivity index (χ3v) is 4.76. The standard InChI is InChI=1S/C21H26ClNO3/c1-15-5-3-6-16(9-15)14-26-21-19(22)10-17(11-20(21)24-2)12-23-13-18-7-4-8-25-18/h3,5-6,9-11,18,23H,4,7-8,12-14H2,1-2H3. The van der Waals surface area contributed by atoms with E-state index in [-0.39, 0.29) is 0 Å². The van der Waals surface area contributed by atoms with Crippen LogP contribution in [0.1, 0.15) is 29.5 Å². The summed E-state index contributed by atoms with van der Waals surface area (Å²) >= 11 is 6.46. The highest BCUT2D eigenvalue weighted by atomic mass is 35.5. The molecule has 1 atom stereocenters. The third kappa shape index (κ3) is 5.13. The highest BCUT2D eigenvalue weighted by Gasteiger charge is 2.16. The van der Waals surface area contributed by atoms with Crippen LogP contribution in [0, 0.1) is 6.92 Å². The molecule has 2 aromatic rings. The van der Waals surface area contributed by atoms with Crippen LogP contribution in [-0.4, -0.2) is 26.4 Å². The lowest BCUT2D eigenvalue weighted by Gasteiger charge is -2.15. The van der Waals surface area contributed by atoms with Crippen molar-refractivity contribution in [2.45, 2.75) is 39.0 Å². The SMILES string of the molecule is COc1cc(CNCC2CCCO2)cc(Cl)c1OCc1cccc(C)c1. The maximum Gasteiger partial charge on any atom is 0.180 e. The van der Waals surface area contributed by atoms with Crippen molar-refractivity contribution < 1.29 is 14.2 Å². The molecule has 5 heteroatoms. The normalized spacial score (nSPS) is 16.7. The summed E-state index contributed by atoms with van der Waals surface area (Å²) in [6, 6.07) is 12.1. The molecule has 0 bridgehead atoms. The number of hydrogen-bond donors (Lipinski definition) is 1. The van der Waals surface area contributed by atoms with E-state index in [1.807, 2.05) is 24.3 Å². The summed E-state index contributed by atoms with van der Waals surface area (Å²) in [6.07, 6.45) is 2.60. The summed E-state index contributed by atoms with van der Waals surface area (Å²) in [7, 11) is 1.63. The third-order valence-electron chi connectivity index (χ3n) is 4.48. The zero-order valence-electron chi connectivity index (χ0n) is 15.4. The van der Waals surface area contributed by atoms with E-state index >= 15 is 0 Å². The average Bonchev–Trinajstić information content (AvgIpc) is 3.14. The molecule has 3 rings (SSSR count). The van der Waals surface area contributed by atoms with Crippen LogP contribution in [0.2, 0.25) is 5.02 Å². The molecule has 4 nitrogen and oxygen atoms in total. The Balaban J connectivity index is 1.62. The first-order valence-electron chi connectivity index (χ1n) is 9.03. The Morgan fingerprint density at radius 3 is 2.85 bits per heavy atom. The van der Waals surface area contributed by atoms with Gasteiger partial charge in [0.2, 0.25) is 0 Å². The fourth-order valence-electron chi connectivity index (χ4n) is 3.16. The van der Waals surface area contributed by atoms with Crippen LogP contribution in [0.25, 0.3) is 0 Å². The van der Waals surface area contributed by atoms with Gasteiger partial charge >= 0.3 is 0 Å². The second-order valence-corrected chi connectivity index (χ2v) is 7.06. The van der Waals surface area contributed by atoms with E-state index in [2.05, 4.69) is 24.4 Å². The maximum atomic E-state index is 6.46. The van der Waals surface area contributed by atoms with Crippen LogP contribution < -0.4 is 14.8 Å². The molecular weight excluding hydrogens is 350 g/mol. The van der Waals surface area contributed by atoms with Crippen LogP contribution in [0.15, 0.2) is 36.4 Å². The second-order valence-electron chi connectivity index (χ2n) is 6.65. The summed E-state index contributed by atoms with van der Waals surface area (Å²) < 4.78 is 17.1. The van der Waals surface area contributed by atoms with Crippen molar-refractivity contribution in [1.82, 2.24) is 5.32 Å². The number of nitrogens with one attached hydrogen (secondary N) is 1. The van der Waals surface area contributed by atoms with Crippen molar-refractivity contribution in [3.8, 4) is 11.5 Å². The Kier molecular flexibility index (Phi) is 6.78. The molecule has 140 valence electrons. The highest BCUT2D eigenvalue weighted by Crippen LogP contribution is 2.37. The van der Waals surface area contributed by atoms with Gasteiger partial charge in [0.05, 0.1) is 18.2 Å². The molecule has 0 aromatic heterocycles. The number of aryl methyl sites for hydroxylation is 1. The summed E-state index contributed by atoms with van der Waals surface area (Å²) in [5, 5.41) is 3.99. The molecular formula is C21H26ClNO3. The van der Waals surface area contributed by atoms with Crippen molar-refractivity contribution in [1.29, 1.82) is 0 Å². The smallest absolute Gasteiger partial charge is 0.180 e. The van der Waals surface area contributed by atoms with Crippen molar-refractivity contribution in [2.24, 2.45) is 0 Å². The van der Waals surface area contributed by atoms with E-state index in [0.717, 1.165) is 37.1 Å². The minimum absolute atomic E-state index is 0.323. The van der Waals surface area contributed by atoms with Crippen molar-refractivity contribution >= 4 is 11.6 Å². The molecule has 2 aromatic carbocycles. The Hall–Kier alpha value is -1.75. The average molecular weight is 376 g/mol. The van der Waals surface area contributed by atoms with E-state index in [9.17, 15) is 0 Å². The molecule has 1 aliphatic heterocycles. The highest BCUT2D eigenvalue weighted by molar-refractivity contribution is 6.32. The molecule has 1 fully saturated rings. The number of ether oxygens (including phenoxy) is 3. The largest absolute Gasteiger partial charge is 0.493 e. The number of halogens is 1. The fourth-order valence-corrected chi connectivity index (χ4v) is 3.44. The van der Waals surface area contributed by atoms with Gasteiger partial charge in [0.15, 0.2) is 11.5 Å². The molecule has 1 heterocycles. The molecule has 0 aliphatic carbocycles. The van der Waals surface area contributed by atoms with Gasteiger partial charge < -0.3 is 19.5 Å². The lowest BCUT2D eigenvalue weighted by Crippen LogP contribution is -2.25. The number of rotatable bonds is 8. The summed E-state index contributed by atoms with van der Waals surface area (Å²) in [5.74, 6) is 1.23. The minimum Gasteiger partial charge on any atom is -0.493 e. The first-order chi connectivity index (χ1) is 12.7. The first-order valence-corrected chi connectivity index (χ1v) is 9.40. The lowest BCUT2D eigenvalue weighted by molar-refractivity contribution is 0.110. The minimum atomic E-state index is 0.323. The molecule has 1 saturated heterocycles. The van der Waals surface area contributed by atoms with Gasteiger partial charge in [-0.05, 0) is 43.0 Å². The predicted octanol–water partition coefficient (Wildman–Crippen LogP) is 4.50. The van der Waals surface area contributed by atoms with Crippen molar-refractivity contribution in [3.05, 3.63) is 58.1 Å². The van der Waals surface area contributed by atoms with Gasteiger partial charge in [-0.25, -0.2) is 0 Å². The molecule has 0 spiro atoms. The van der Waals surface area contributed by atoms with Gasteiger partial charge in [-0.15, -0.1) is 0 Å². The van der Waals surface area contributed by atoms with E-state index in [0.29, 0.717) is 35.8 Å². The van der Waals surface area contributed by atoms with Crippen molar-refractivity contribution in [2.75, 3.05) is 20.3 Å². The number of benzene rings is 2. The van der Waals surface area contributed by atoms with Crippen LogP contribution >= 0.6 is 11.6 Å². The fraction of sp³-hybridized carbons (Fsp3) is 0.429. The van der Waals surface area contributed by atoms with Crippen LogP contribution in [-0.2, 0) is 17.9 Å². The first kappa shape index (κ1) is 19.0. The molecule has 1 N–H and O–H groups in total. The molecule has 0 saturated carbocycles. The topological polar surface area (TPSA) is 39.7 Å². The van der Waals surface area contributed by atoms with Crippen LogP contribution in [0.3, 0.4) is 0 Å². The number of hydrogen-bond acceptors (Lipinski definition) is 4. The Morgan fingerprint density at radius 1 is 1.23 bits per heavy atom. The van der Waals surface area contributed by atoms with Gasteiger partial charge in [0.25, 0.3) is 0 Å². The van der Waals surface area contributed by atoms with E-state index in [1.165, 1.54) is 5.56 Å². The zero-order chi connectivity index (χ0) is 18.4. The molecule has 1 unspecified atom stereocenters. The summed E-state index contributed by atoms with van der Waals surface area (Å²) in [5.41, 5.74) is 3.37. The summed E-state index contributed by atoms with van der Waals surface area (Å²) in [4.78, 5) is 0. The van der Waals surface area contributed by atoms with E-state index in [4.69, 9.17) is 25.8 Å². The summed E-state index contributed by atoms with van der Waals surface area (Å²) in [6.45, 7) is 4.96. The quantitative estimate of drug-likeness (QED) is 0.737. The van der Waals surface area contributed by atoms with Gasteiger partial charge in [0.1, 0.15) is 6.61 Å². The zero-order valence-corrected chi connectivity index (χ0v) is 16.1. The molecule has 0 amide bonds. The monoisotopic (exact) mass is 375 g/mol. The molecule has 0 radical (unpaired) electrons. The molecule has 26 heavy (non-hydrogen) atoms. The Morgan fingerprint density at radius 2 is 2.12 bits per heavy atom. The predicted molar refractivity (Wildman–Crippen MR) is 104 cm³/mol.